The second-order valence-corrected chi connectivity index (χ2v) is 5.63. The van der Waals surface area contributed by atoms with Gasteiger partial charge in [0.15, 0.2) is 0 Å². The number of halogens is 1. The maximum absolute atomic E-state index is 12.4. The zero-order valence-electron chi connectivity index (χ0n) is 11.9. The van der Waals surface area contributed by atoms with Gasteiger partial charge in [-0.3, -0.25) is 4.79 Å². The maximum atomic E-state index is 12.4. The average Bonchev–Trinajstić information content (AvgIpc) is 2.79. The van der Waals surface area contributed by atoms with Crippen molar-refractivity contribution in [2.45, 2.75) is 26.8 Å². The second-order valence-electron chi connectivity index (χ2n) is 5.63. The Morgan fingerprint density at radius 1 is 1.37 bits per heavy atom. The van der Waals surface area contributed by atoms with Crippen molar-refractivity contribution in [2.24, 2.45) is 5.41 Å². The zero-order chi connectivity index (χ0) is 13.2. The Hall–Kier alpha value is -1.06. The molecule has 0 bridgehead atoms. The minimum Gasteiger partial charge on any atom is -0.341 e. The molecule has 4 heteroatoms. The molecule has 1 amide bonds. The molecule has 19 heavy (non-hydrogen) atoms. The third-order valence-electron chi connectivity index (χ3n) is 3.77. The number of nitrogens with zero attached hydrogens (tertiary/aromatic N) is 1. The van der Waals surface area contributed by atoms with Crippen molar-refractivity contribution in [3.63, 3.8) is 0 Å². The lowest BCUT2D eigenvalue weighted by molar-refractivity contribution is -0.139. The van der Waals surface area contributed by atoms with Crippen molar-refractivity contribution in [1.82, 2.24) is 10.2 Å². The Balaban J connectivity index is 0.00000180. The topological polar surface area (TPSA) is 32.3 Å². The molecule has 1 N–H and O–H groups in total. The average molecular weight is 283 g/mol. The number of hydrogen-bond acceptors (Lipinski definition) is 2. The largest absolute Gasteiger partial charge is 0.341 e. The van der Waals surface area contributed by atoms with Crippen LogP contribution in [0.15, 0.2) is 24.3 Å². The quantitative estimate of drug-likeness (QED) is 0.923. The van der Waals surface area contributed by atoms with Crippen LogP contribution in [0.25, 0.3) is 0 Å². The maximum Gasteiger partial charge on any atom is 0.229 e. The van der Waals surface area contributed by atoms with Crippen LogP contribution in [0.2, 0.25) is 0 Å². The molecule has 2 rings (SSSR count). The van der Waals surface area contributed by atoms with Crippen LogP contribution in [0.3, 0.4) is 0 Å². The summed E-state index contributed by atoms with van der Waals surface area (Å²) < 4.78 is 0. The van der Waals surface area contributed by atoms with Crippen LogP contribution in [0.4, 0.5) is 0 Å². The van der Waals surface area contributed by atoms with Crippen molar-refractivity contribution in [3.05, 3.63) is 35.4 Å². The van der Waals surface area contributed by atoms with E-state index in [4.69, 9.17) is 0 Å². The minimum absolute atomic E-state index is 0. The molecule has 1 heterocycles. The third kappa shape index (κ3) is 3.71. The highest BCUT2D eigenvalue weighted by atomic mass is 35.5. The molecule has 1 atom stereocenters. The van der Waals surface area contributed by atoms with Gasteiger partial charge in [0, 0.05) is 20.1 Å². The van der Waals surface area contributed by atoms with Gasteiger partial charge in [-0.25, -0.2) is 0 Å². The first-order valence-corrected chi connectivity index (χ1v) is 6.53. The number of carbonyl (C=O) groups excluding carboxylic acids is 1. The van der Waals surface area contributed by atoms with Gasteiger partial charge in [-0.15, -0.1) is 12.4 Å². The molecule has 106 valence electrons. The summed E-state index contributed by atoms with van der Waals surface area (Å²) in [5.74, 6) is 0.244. The number of carbonyl (C=O) groups is 1. The minimum atomic E-state index is -0.223. The van der Waals surface area contributed by atoms with Crippen LogP contribution >= 0.6 is 12.4 Å². The van der Waals surface area contributed by atoms with E-state index in [2.05, 4.69) is 43.4 Å². The first-order chi connectivity index (χ1) is 8.51. The third-order valence-corrected chi connectivity index (χ3v) is 3.77. The molecule has 1 aliphatic heterocycles. The summed E-state index contributed by atoms with van der Waals surface area (Å²) in [7, 11) is 1.89. The predicted octanol–water partition coefficient (Wildman–Crippen LogP) is 2.37. The van der Waals surface area contributed by atoms with E-state index in [0.717, 1.165) is 19.5 Å². The smallest absolute Gasteiger partial charge is 0.229 e. The van der Waals surface area contributed by atoms with Crippen molar-refractivity contribution in [1.29, 1.82) is 0 Å². The number of nitrogens with one attached hydrogen (secondary N) is 1. The van der Waals surface area contributed by atoms with Gasteiger partial charge in [0.25, 0.3) is 0 Å². The van der Waals surface area contributed by atoms with Crippen molar-refractivity contribution in [2.75, 3.05) is 20.1 Å². The molecular formula is C15H23ClN2O. The first kappa shape index (κ1) is 16.0. The Morgan fingerprint density at radius 3 is 2.53 bits per heavy atom. The highest BCUT2D eigenvalue weighted by Gasteiger charge is 2.38. The molecule has 1 aromatic carbocycles. The zero-order valence-corrected chi connectivity index (χ0v) is 12.7. The van der Waals surface area contributed by atoms with Crippen LogP contribution in [-0.4, -0.2) is 30.9 Å². The summed E-state index contributed by atoms with van der Waals surface area (Å²) in [6.07, 6.45) is 0.935. The van der Waals surface area contributed by atoms with Crippen LogP contribution in [-0.2, 0) is 11.3 Å². The molecule has 1 saturated heterocycles. The molecule has 0 saturated carbocycles. The standard InChI is InChI=1S/C15H22N2O.ClH/c1-12-4-6-13(7-5-12)10-17(3)14(18)15(2)8-9-16-11-15;/h4-7,16H,8-11H2,1-3H3;1H. The molecule has 1 fully saturated rings. The van der Waals surface area contributed by atoms with Gasteiger partial charge in [-0.2, -0.15) is 0 Å². The lowest BCUT2D eigenvalue weighted by Gasteiger charge is -2.28. The van der Waals surface area contributed by atoms with Gasteiger partial charge in [0.05, 0.1) is 5.41 Å². The highest BCUT2D eigenvalue weighted by molar-refractivity contribution is 5.85. The molecule has 1 aromatic rings. The van der Waals surface area contributed by atoms with Crippen molar-refractivity contribution in [3.8, 4) is 0 Å². The molecule has 0 aliphatic carbocycles. The number of amides is 1. The van der Waals surface area contributed by atoms with E-state index in [1.165, 1.54) is 11.1 Å². The van der Waals surface area contributed by atoms with Gasteiger partial charge >= 0.3 is 0 Å². The summed E-state index contributed by atoms with van der Waals surface area (Å²) in [4.78, 5) is 14.3. The van der Waals surface area contributed by atoms with Crippen LogP contribution < -0.4 is 5.32 Å². The molecule has 1 unspecified atom stereocenters. The van der Waals surface area contributed by atoms with Crippen LogP contribution in [0, 0.1) is 12.3 Å². The summed E-state index contributed by atoms with van der Waals surface area (Å²) >= 11 is 0. The number of aryl methyl sites for hydroxylation is 1. The fraction of sp³-hybridized carbons (Fsp3) is 0.533. The van der Waals surface area contributed by atoms with Gasteiger partial charge in [0.1, 0.15) is 0 Å². The number of benzene rings is 1. The van der Waals surface area contributed by atoms with E-state index in [9.17, 15) is 4.79 Å². The fourth-order valence-electron chi connectivity index (χ4n) is 2.50. The molecular weight excluding hydrogens is 260 g/mol. The SMILES string of the molecule is Cc1ccc(CN(C)C(=O)C2(C)CCNC2)cc1.Cl. The summed E-state index contributed by atoms with van der Waals surface area (Å²) in [6, 6.07) is 8.36. The molecule has 1 aliphatic rings. The normalized spacial score (nSPS) is 21.8. The Morgan fingerprint density at radius 2 is 2.00 bits per heavy atom. The predicted molar refractivity (Wildman–Crippen MR) is 80.5 cm³/mol. The fourth-order valence-corrected chi connectivity index (χ4v) is 2.50. The van der Waals surface area contributed by atoms with E-state index in [0.29, 0.717) is 6.54 Å². The molecule has 0 radical (unpaired) electrons. The van der Waals surface area contributed by atoms with E-state index >= 15 is 0 Å². The van der Waals surface area contributed by atoms with Crippen LogP contribution in [0.5, 0.6) is 0 Å². The Bertz CT molecular complexity index is 424. The monoisotopic (exact) mass is 282 g/mol. The lowest BCUT2D eigenvalue weighted by atomic mass is 9.88. The number of hydrogen-bond donors (Lipinski definition) is 1. The summed E-state index contributed by atoms with van der Waals surface area (Å²) in [5.41, 5.74) is 2.21. The van der Waals surface area contributed by atoms with Crippen molar-refractivity contribution < 1.29 is 4.79 Å². The van der Waals surface area contributed by atoms with E-state index in [1.54, 1.807) is 0 Å². The van der Waals surface area contributed by atoms with E-state index in [1.807, 2.05) is 11.9 Å². The summed E-state index contributed by atoms with van der Waals surface area (Å²) in [5, 5.41) is 3.27. The van der Waals surface area contributed by atoms with Gasteiger partial charge in [-0.05, 0) is 32.4 Å². The summed E-state index contributed by atoms with van der Waals surface area (Å²) in [6.45, 7) is 6.56. The van der Waals surface area contributed by atoms with Crippen LogP contribution in [0.1, 0.15) is 24.5 Å². The first-order valence-electron chi connectivity index (χ1n) is 6.53. The van der Waals surface area contributed by atoms with Crippen molar-refractivity contribution >= 4 is 18.3 Å². The Kier molecular flexibility index (Phi) is 5.39. The second kappa shape index (κ2) is 6.40. The van der Waals surface area contributed by atoms with E-state index in [-0.39, 0.29) is 23.7 Å². The molecule has 0 spiro atoms. The lowest BCUT2D eigenvalue weighted by Crippen LogP contribution is -2.41. The van der Waals surface area contributed by atoms with Gasteiger partial charge in [0.2, 0.25) is 5.91 Å². The van der Waals surface area contributed by atoms with E-state index < -0.39 is 0 Å². The Labute approximate surface area is 121 Å². The van der Waals surface area contributed by atoms with Gasteiger partial charge < -0.3 is 10.2 Å². The number of rotatable bonds is 3. The molecule has 3 nitrogen and oxygen atoms in total. The highest BCUT2D eigenvalue weighted by Crippen LogP contribution is 2.27. The van der Waals surface area contributed by atoms with Gasteiger partial charge in [-0.1, -0.05) is 29.8 Å². The molecule has 0 aromatic heterocycles.